The third kappa shape index (κ3) is 4.93. The van der Waals surface area contributed by atoms with E-state index in [9.17, 15) is 14.4 Å². The van der Waals surface area contributed by atoms with E-state index in [0.717, 1.165) is 0 Å². The number of esters is 1. The molecule has 0 saturated carbocycles. The van der Waals surface area contributed by atoms with Gasteiger partial charge in [0.2, 0.25) is 5.91 Å². The van der Waals surface area contributed by atoms with Crippen molar-refractivity contribution in [2.24, 2.45) is 0 Å². The second kappa shape index (κ2) is 9.51. The molecule has 0 aliphatic rings. The van der Waals surface area contributed by atoms with Crippen molar-refractivity contribution in [1.29, 1.82) is 0 Å². The molecule has 8 heteroatoms. The zero-order valence-corrected chi connectivity index (χ0v) is 15.8. The largest absolute Gasteiger partial charge is 0.469 e. The summed E-state index contributed by atoms with van der Waals surface area (Å²) in [6.07, 6.45) is 1.36. The lowest BCUT2D eigenvalue weighted by atomic mass is 10.2. The highest BCUT2D eigenvalue weighted by Gasteiger charge is 2.23. The molecule has 144 valence electrons. The summed E-state index contributed by atoms with van der Waals surface area (Å²) in [7, 11) is 1.27. The van der Waals surface area contributed by atoms with Crippen LogP contribution < -0.4 is 5.32 Å². The third-order valence-electron chi connectivity index (χ3n) is 4.09. The fourth-order valence-corrected chi connectivity index (χ4v) is 2.58. The minimum atomic E-state index is -0.471. The Balaban J connectivity index is 2.35. The highest BCUT2D eigenvalue weighted by Crippen LogP contribution is 2.22. The lowest BCUT2D eigenvalue weighted by Crippen LogP contribution is -2.31. The maximum Gasteiger partial charge on any atom is 0.306 e. The number of aromatic nitrogens is 2. The molecule has 0 radical (unpaired) electrons. The van der Waals surface area contributed by atoms with Gasteiger partial charge in [0.25, 0.3) is 5.91 Å². The Kier molecular flexibility index (Phi) is 7.10. The molecule has 0 aliphatic heterocycles. The first-order chi connectivity index (χ1) is 13.0. The quantitative estimate of drug-likeness (QED) is 0.717. The van der Waals surface area contributed by atoms with Crippen LogP contribution in [0.3, 0.4) is 0 Å². The summed E-state index contributed by atoms with van der Waals surface area (Å²) in [5.74, 6) is -0.800. The lowest BCUT2D eigenvalue weighted by Gasteiger charge is -2.19. The molecule has 0 spiro atoms. The second-order valence-corrected chi connectivity index (χ2v) is 5.76. The van der Waals surface area contributed by atoms with Crippen molar-refractivity contribution in [1.82, 2.24) is 14.7 Å². The molecule has 1 aromatic heterocycles. The van der Waals surface area contributed by atoms with Crippen LogP contribution in [0.4, 0.5) is 5.82 Å². The Bertz CT molecular complexity index is 797. The van der Waals surface area contributed by atoms with Crippen LogP contribution in [0.1, 0.15) is 37.0 Å². The van der Waals surface area contributed by atoms with Crippen LogP contribution in [-0.4, -0.2) is 52.7 Å². The molecule has 0 unspecified atom stereocenters. The van der Waals surface area contributed by atoms with Crippen molar-refractivity contribution in [2.45, 2.75) is 26.7 Å². The van der Waals surface area contributed by atoms with Gasteiger partial charge in [-0.3, -0.25) is 14.4 Å². The maximum atomic E-state index is 12.8. The Morgan fingerprint density at radius 2 is 1.78 bits per heavy atom. The number of benzene rings is 1. The Morgan fingerprint density at radius 3 is 2.37 bits per heavy atom. The first kappa shape index (κ1) is 20.2. The van der Waals surface area contributed by atoms with Gasteiger partial charge in [-0.1, -0.05) is 18.2 Å². The Labute approximate surface area is 158 Å². The SMILES string of the molecule is CCN(CC)C(=O)c1cnn(-c2ccccc2)c1NC(=O)CCC(=O)OC. The number of para-hydroxylation sites is 1. The predicted molar refractivity (Wildman–Crippen MR) is 101 cm³/mol. The number of ether oxygens (including phenoxy) is 1. The number of amides is 2. The number of methoxy groups -OCH3 is 1. The topological polar surface area (TPSA) is 93.5 Å². The van der Waals surface area contributed by atoms with Gasteiger partial charge in [0.15, 0.2) is 0 Å². The van der Waals surface area contributed by atoms with Crippen LogP contribution in [0, 0.1) is 0 Å². The van der Waals surface area contributed by atoms with Gasteiger partial charge >= 0.3 is 5.97 Å². The highest BCUT2D eigenvalue weighted by molar-refractivity contribution is 6.03. The molecule has 2 aromatic rings. The van der Waals surface area contributed by atoms with Crippen molar-refractivity contribution >= 4 is 23.6 Å². The standard InChI is InChI=1S/C19H24N4O4/c1-4-22(5-2)19(26)15-13-20-23(14-9-7-6-8-10-14)18(15)21-16(24)11-12-17(25)27-3/h6-10,13H,4-5,11-12H2,1-3H3,(H,21,24). The number of rotatable bonds is 8. The van der Waals surface area contributed by atoms with Gasteiger partial charge in [-0.15, -0.1) is 0 Å². The van der Waals surface area contributed by atoms with E-state index in [0.29, 0.717) is 24.3 Å². The fraction of sp³-hybridized carbons (Fsp3) is 0.368. The maximum absolute atomic E-state index is 12.8. The molecule has 0 atom stereocenters. The van der Waals surface area contributed by atoms with E-state index in [1.165, 1.54) is 18.0 Å². The minimum Gasteiger partial charge on any atom is -0.469 e. The number of carbonyl (C=O) groups excluding carboxylic acids is 3. The summed E-state index contributed by atoms with van der Waals surface area (Å²) in [6, 6.07) is 9.19. The van der Waals surface area contributed by atoms with E-state index in [2.05, 4.69) is 15.2 Å². The summed E-state index contributed by atoms with van der Waals surface area (Å²) in [5.41, 5.74) is 1.01. The van der Waals surface area contributed by atoms with Crippen molar-refractivity contribution in [3.63, 3.8) is 0 Å². The molecule has 1 N–H and O–H groups in total. The van der Waals surface area contributed by atoms with Gasteiger partial charge in [-0.05, 0) is 26.0 Å². The van der Waals surface area contributed by atoms with E-state index in [4.69, 9.17) is 0 Å². The van der Waals surface area contributed by atoms with Crippen LogP contribution in [0.5, 0.6) is 0 Å². The van der Waals surface area contributed by atoms with E-state index < -0.39 is 11.9 Å². The van der Waals surface area contributed by atoms with Crippen LogP contribution >= 0.6 is 0 Å². The summed E-state index contributed by atoms with van der Waals surface area (Å²) in [6.45, 7) is 4.86. The first-order valence-electron chi connectivity index (χ1n) is 8.81. The second-order valence-electron chi connectivity index (χ2n) is 5.76. The number of carbonyl (C=O) groups is 3. The van der Waals surface area contributed by atoms with Gasteiger partial charge in [0, 0.05) is 19.5 Å². The molecule has 2 rings (SSSR count). The van der Waals surface area contributed by atoms with E-state index in [1.54, 1.807) is 4.90 Å². The predicted octanol–water partition coefficient (Wildman–Crippen LogP) is 2.25. The zero-order valence-electron chi connectivity index (χ0n) is 15.8. The Hall–Kier alpha value is -3.16. The molecule has 8 nitrogen and oxygen atoms in total. The van der Waals surface area contributed by atoms with Crippen LogP contribution in [-0.2, 0) is 14.3 Å². The van der Waals surface area contributed by atoms with Crippen molar-refractivity contribution in [3.05, 3.63) is 42.1 Å². The summed E-state index contributed by atoms with van der Waals surface area (Å²) >= 11 is 0. The van der Waals surface area contributed by atoms with Gasteiger partial charge in [-0.2, -0.15) is 5.10 Å². The monoisotopic (exact) mass is 372 g/mol. The average Bonchev–Trinajstić information content (AvgIpc) is 3.10. The highest BCUT2D eigenvalue weighted by atomic mass is 16.5. The fourth-order valence-electron chi connectivity index (χ4n) is 2.58. The molecular formula is C19H24N4O4. The number of nitrogens with zero attached hydrogens (tertiary/aromatic N) is 3. The number of hydrogen-bond donors (Lipinski definition) is 1. The van der Waals surface area contributed by atoms with Crippen molar-refractivity contribution < 1.29 is 19.1 Å². The zero-order chi connectivity index (χ0) is 19.8. The van der Waals surface area contributed by atoms with Crippen molar-refractivity contribution in [2.75, 3.05) is 25.5 Å². The van der Waals surface area contributed by atoms with Crippen LogP contribution in [0.25, 0.3) is 5.69 Å². The van der Waals surface area contributed by atoms with Gasteiger partial charge in [0.1, 0.15) is 11.4 Å². The van der Waals surface area contributed by atoms with Gasteiger partial charge < -0.3 is 15.0 Å². The van der Waals surface area contributed by atoms with Crippen molar-refractivity contribution in [3.8, 4) is 5.69 Å². The molecule has 1 heterocycles. The van der Waals surface area contributed by atoms with Gasteiger partial charge in [0.05, 0.1) is 25.4 Å². The summed E-state index contributed by atoms with van der Waals surface area (Å²) < 4.78 is 6.06. The summed E-state index contributed by atoms with van der Waals surface area (Å²) in [5, 5.41) is 7.01. The molecule has 1 aromatic carbocycles. The molecule has 2 amide bonds. The number of hydrogen-bond acceptors (Lipinski definition) is 5. The Morgan fingerprint density at radius 1 is 1.11 bits per heavy atom. The summed E-state index contributed by atoms with van der Waals surface area (Å²) in [4.78, 5) is 38.0. The number of anilines is 1. The molecule has 0 bridgehead atoms. The number of nitrogens with one attached hydrogen (secondary N) is 1. The molecule has 0 fully saturated rings. The normalized spacial score (nSPS) is 10.3. The molecule has 27 heavy (non-hydrogen) atoms. The van der Waals surface area contributed by atoms with Crippen LogP contribution in [0.2, 0.25) is 0 Å². The van der Waals surface area contributed by atoms with Gasteiger partial charge in [-0.25, -0.2) is 4.68 Å². The van der Waals surface area contributed by atoms with E-state index in [1.807, 2.05) is 44.2 Å². The smallest absolute Gasteiger partial charge is 0.306 e. The lowest BCUT2D eigenvalue weighted by molar-refractivity contribution is -0.141. The van der Waals surface area contributed by atoms with E-state index in [-0.39, 0.29) is 24.6 Å². The average molecular weight is 372 g/mol. The molecule has 0 saturated heterocycles. The van der Waals surface area contributed by atoms with Crippen LogP contribution in [0.15, 0.2) is 36.5 Å². The van der Waals surface area contributed by atoms with E-state index >= 15 is 0 Å². The minimum absolute atomic E-state index is 0.0405. The molecule has 0 aliphatic carbocycles. The first-order valence-corrected chi connectivity index (χ1v) is 8.81. The molecular weight excluding hydrogens is 348 g/mol. The third-order valence-corrected chi connectivity index (χ3v) is 4.09.